The molecule has 0 aliphatic carbocycles. The Hall–Kier alpha value is -11.9. The van der Waals surface area contributed by atoms with E-state index in [1.807, 2.05) is 341 Å². The van der Waals surface area contributed by atoms with E-state index in [0.29, 0.717) is 158 Å². The molecule has 4 unspecified atom stereocenters. The van der Waals surface area contributed by atoms with Crippen LogP contribution in [0, 0.1) is 0 Å². The van der Waals surface area contributed by atoms with Crippen molar-refractivity contribution in [3.63, 3.8) is 0 Å². The highest BCUT2D eigenvalue weighted by Gasteiger charge is 2.40. The summed E-state index contributed by atoms with van der Waals surface area (Å²) in [5.74, 6) is -0.0786. The topological polar surface area (TPSA) is 94.2 Å². The van der Waals surface area contributed by atoms with Crippen LogP contribution < -0.4 is 19.6 Å². The number of piperazine rings is 4. The summed E-state index contributed by atoms with van der Waals surface area (Å²) in [6, 6.07) is 128. The maximum atomic E-state index is 14.1. The van der Waals surface area contributed by atoms with Gasteiger partial charge in [-0.3, -0.25) is 19.2 Å². The van der Waals surface area contributed by atoms with Crippen LogP contribution in [0.3, 0.4) is 0 Å². The number of amides is 4. The molecule has 0 spiro atoms. The first-order valence-corrected chi connectivity index (χ1v) is 52.0. The zero-order chi connectivity index (χ0) is 100. The van der Waals surface area contributed by atoms with Gasteiger partial charge in [0.15, 0.2) is 0 Å². The van der Waals surface area contributed by atoms with Crippen molar-refractivity contribution in [1.29, 1.82) is 0 Å². The van der Waals surface area contributed by atoms with Crippen molar-refractivity contribution in [3.8, 4) is 11.1 Å². The third-order valence-electron chi connectivity index (χ3n) is 26.6. The van der Waals surface area contributed by atoms with Crippen molar-refractivity contribution >= 4 is 186 Å². The quantitative estimate of drug-likeness (QED) is 0.0745. The van der Waals surface area contributed by atoms with E-state index in [-0.39, 0.29) is 53.7 Å². The number of rotatable bonds is 20. The number of benzene rings is 16. The third kappa shape index (κ3) is 26.1. The molecule has 16 aromatic rings. The average Bonchev–Trinajstić information content (AvgIpc) is 0.763. The van der Waals surface area contributed by atoms with E-state index in [1.165, 1.54) is 11.1 Å². The minimum absolute atomic E-state index is 0.0438. The lowest BCUT2D eigenvalue weighted by molar-refractivity contribution is -0.133. The molecule has 728 valence electrons. The molecule has 24 heteroatoms. The van der Waals surface area contributed by atoms with Gasteiger partial charge in [-0.05, 0) is 219 Å². The molecule has 20 rings (SSSR count). The summed E-state index contributed by atoms with van der Waals surface area (Å²) in [7, 11) is 0. The van der Waals surface area contributed by atoms with Gasteiger partial charge >= 0.3 is 0 Å². The lowest BCUT2D eigenvalue weighted by Gasteiger charge is -2.44. The highest BCUT2D eigenvalue weighted by Crippen LogP contribution is 2.45. The van der Waals surface area contributed by atoms with E-state index in [0.717, 1.165) is 95.1 Å². The molecular formula is C120H100Cl12N8O4. The molecule has 12 nitrogen and oxygen atoms in total. The van der Waals surface area contributed by atoms with E-state index in [4.69, 9.17) is 139 Å². The summed E-state index contributed by atoms with van der Waals surface area (Å²) >= 11 is 75.7. The summed E-state index contributed by atoms with van der Waals surface area (Å²) < 4.78 is 0. The van der Waals surface area contributed by atoms with E-state index < -0.39 is 0 Å². The standard InChI is InChI=1S/4C30H25Cl3N2O/c31-24-13-11-21(12-14-24)28-20-34(17-18-35(28)27-16-15-25(32)19-26(27)33)30(36)29(22-7-3-1-4-8-22)23-9-5-2-6-10-23;2*31-24-12-10-22(11-13-24)29-20-34(16-17-35(29)28-15-14-25(32)19-27(28)33)30(36)26-9-5-4-8-23(26)18-21-6-2-1-3-7-21;31-25-12-10-24(11-13-25)29-20-34(16-17-35(29)28-15-14-26(32)19-27(28)33)30(36)18-21-6-8-23(9-7-21)22-4-2-1-3-5-22/h1-16,19,28-29H,17-18,20H2;3*1-15,19,29H,16-18,20H2. The largest absolute Gasteiger partial charge is 0.360 e. The monoisotopic (exact) mass is 2140 g/mol. The molecule has 16 aromatic carbocycles. The van der Waals surface area contributed by atoms with Gasteiger partial charge in [-0.1, -0.05) is 400 Å². The average molecular weight is 2140 g/mol. The Morgan fingerprint density at radius 3 is 0.833 bits per heavy atom. The van der Waals surface area contributed by atoms with Crippen molar-refractivity contribution in [1.82, 2.24) is 19.6 Å². The molecule has 0 N–H and O–H groups in total. The van der Waals surface area contributed by atoms with E-state index in [1.54, 1.807) is 24.3 Å². The zero-order valence-corrected chi connectivity index (χ0v) is 87.3. The Labute approximate surface area is 901 Å². The predicted octanol–water partition coefficient (Wildman–Crippen LogP) is 31.7. The first-order valence-electron chi connectivity index (χ1n) is 47.5. The minimum atomic E-state index is -0.371. The van der Waals surface area contributed by atoms with Gasteiger partial charge in [0.2, 0.25) is 11.8 Å². The Morgan fingerprint density at radius 1 is 0.243 bits per heavy atom. The van der Waals surface area contributed by atoms with E-state index >= 15 is 0 Å². The zero-order valence-electron chi connectivity index (χ0n) is 78.3. The highest BCUT2D eigenvalue weighted by atomic mass is 35.5. The molecule has 4 heterocycles. The summed E-state index contributed by atoms with van der Waals surface area (Å²) in [5.41, 5.74) is 19.1. The fraction of sp³-hybridized carbons (Fsp3) is 0.167. The van der Waals surface area contributed by atoms with Crippen molar-refractivity contribution < 1.29 is 19.2 Å². The van der Waals surface area contributed by atoms with Gasteiger partial charge in [0, 0.05) is 130 Å². The Balaban J connectivity index is 0.000000132. The van der Waals surface area contributed by atoms with Gasteiger partial charge in [0.05, 0.1) is 79.3 Å². The Morgan fingerprint density at radius 2 is 0.507 bits per heavy atom. The SMILES string of the molecule is O=C(C(c1ccccc1)c1ccccc1)N1CCN(c2ccc(Cl)cc2Cl)C(c2ccc(Cl)cc2)C1.O=C(Cc1ccc(-c2ccccc2)cc1)N1CCN(c2ccc(Cl)cc2Cl)C(c2ccc(Cl)cc2)C1.O=C(c1ccccc1Cc1ccccc1)N1CCN(c2ccc(Cl)cc2Cl)C(c2ccc(Cl)cc2)C1.O=C(c1ccccc1Cc1ccccc1)N1CCN(c2ccc(Cl)cc2Cl)C(c2ccc(Cl)cc2)C1. The molecule has 144 heavy (non-hydrogen) atoms. The second-order valence-electron chi connectivity index (χ2n) is 35.7. The second-order valence-corrected chi connectivity index (χ2v) is 40.8. The van der Waals surface area contributed by atoms with Crippen LogP contribution in [0.15, 0.2) is 394 Å². The summed E-state index contributed by atoms with van der Waals surface area (Å²) in [6.45, 7) is 7.08. The van der Waals surface area contributed by atoms with Crippen LogP contribution in [0.2, 0.25) is 60.3 Å². The maximum absolute atomic E-state index is 14.1. The first kappa shape index (κ1) is 103. The minimum Gasteiger partial charge on any atom is -0.360 e. The van der Waals surface area contributed by atoms with Crippen molar-refractivity contribution in [3.05, 3.63) is 527 Å². The molecular weight excluding hydrogens is 2040 g/mol. The molecule has 0 aromatic heterocycles. The molecule has 4 saturated heterocycles. The van der Waals surface area contributed by atoms with Crippen molar-refractivity contribution in [2.75, 3.05) is 98.1 Å². The number of anilines is 4. The number of nitrogens with zero attached hydrogens (tertiary/aromatic N) is 8. The fourth-order valence-electron chi connectivity index (χ4n) is 19.2. The van der Waals surface area contributed by atoms with Gasteiger partial charge < -0.3 is 39.2 Å². The van der Waals surface area contributed by atoms with Gasteiger partial charge in [-0.2, -0.15) is 0 Å². The van der Waals surface area contributed by atoms with Crippen LogP contribution in [-0.4, -0.2) is 122 Å². The normalized spacial score (nSPS) is 15.7. The molecule has 0 saturated carbocycles. The predicted molar refractivity (Wildman–Crippen MR) is 599 cm³/mol. The lowest BCUT2D eigenvalue weighted by atomic mass is 9.89. The van der Waals surface area contributed by atoms with Gasteiger partial charge in [0.1, 0.15) is 0 Å². The number of carbonyl (C=O) groups excluding carboxylic acids is 4. The van der Waals surface area contributed by atoms with Gasteiger partial charge in [-0.25, -0.2) is 0 Å². The highest BCUT2D eigenvalue weighted by molar-refractivity contribution is 6.39. The number of carbonyl (C=O) groups is 4. The van der Waals surface area contributed by atoms with Crippen molar-refractivity contribution in [2.24, 2.45) is 0 Å². The smallest absolute Gasteiger partial charge is 0.254 e. The van der Waals surface area contributed by atoms with Crippen LogP contribution in [0.5, 0.6) is 0 Å². The first-order chi connectivity index (χ1) is 70.0. The molecule has 4 atom stereocenters. The summed E-state index contributed by atoms with van der Waals surface area (Å²) in [4.78, 5) is 72.0. The van der Waals surface area contributed by atoms with Crippen LogP contribution >= 0.6 is 139 Å². The Bertz CT molecular complexity index is 6830. The number of hydrogen-bond acceptors (Lipinski definition) is 8. The van der Waals surface area contributed by atoms with Crippen LogP contribution in [-0.2, 0) is 28.9 Å². The van der Waals surface area contributed by atoms with Crippen molar-refractivity contribution in [2.45, 2.75) is 49.3 Å². The maximum Gasteiger partial charge on any atom is 0.254 e. The Kier molecular flexibility index (Phi) is 35.4. The van der Waals surface area contributed by atoms with E-state index in [9.17, 15) is 19.2 Å². The summed E-state index contributed by atoms with van der Waals surface area (Å²) in [6.07, 6.45) is 1.79. The molecule has 4 aliphatic heterocycles. The molecule has 0 radical (unpaired) electrons. The second kappa shape index (κ2) is 49.3. The van der Waals surface area contributed by atoms with Gasteiger partial charge in [-0.15, -0.1) is 0 Å². The number of hydrogen-bond donors (Lipinski definition) is 0. The molecule has 4 amide bonds. The fourth-order valence-corrected chi connectivity index (χ4v) is 21.8. The number of halogens is 12. The van der Waals surface area contributed by atoms with Crippen LogP contribution in [0.25, 0.3) is 11.1 Å². The third-order valence-corrected chi connectivity index (χ3v) is 29.7. The molecule has 0 bridgehead atoms. The lowest BCUT2D eigenvalue weighted by Crippen LogP contribution is -2.52. The molecule has 4 fully saturated rings. The van der Waals surface area contributed by atoms with Crippen LogP contribution in [0.4, 0.5) is 22.7 Å². The molecule has 4 aliphatic rings. The van der Waals surface area contributed by atoms with Gasteiger partial charge in [0.25, 0.3) is 11.8 Å². The van der Waals surface area contributed by atoms with Crippen LogP contribution in [0.1, 0.15) is 112 Å². The van der Waals surface area contributed by atoms with E-state index in [2.05, 4.69) is 68.1 Å². The summed E-state index contributed by atoms with van der Waals surface area (Å²) in [5, 5.41) is 7.45.